The molecule has 0 bridgehead atoms. The number of nitrogens with zero attached hydrogens (tertiary/aromatic N) is 1. The Labute approximate surface area is 139 Å². The Balaban J connectivity index is 2.09. The van der Waals surface area contributed by atoms with E-state index < -0.39 is 23.6 Å². The van der Waals surface area contributed by atoms with Crippen molar-refractivity contribution in [3.63, 3.8) is 0 Å². The van der Waals surface area contributed by atoms with Gasteiger partial charge in [-0.3, -0.25) is 9.36 Å². The fourth-order valence-corrected chi connectivity index (χ4v) is 2.48. The minimum Gasteiger partial charge on any atom is -0.480 e. The van der Waals surface area contributed by atoms with Gasteiger partial charge in [-0.15, -0.1) is 0 Å². The van der Waals surface area contributed by atoms with Crippen molar-refractivity contribution in [3.05, 3.63) is 34.7 Å². The van der Waals surface area contributed by atoms with Crippen LogP contribution in [0, 0.1) is 5.41 Å². The molecule has 7 heteroatoms. The molecule has 0 aliphatic heterocycles. The molecule has 0 saturated carbocycles. The molecule has 1 aromatic carbocycles. The van der Waals surface area contributed by atoms with E-state index in [2.05, 4.69) is 10.3 Å². The van der Waals surface area contributed by atoms with Crippen molar-refractivity contribution in [2.24, 2.45) is 5.41 Å². The predicted octanol–water partition coefficient (Wildman–Crippen LogP) is 1.73. The summed E-state index contributed by atoms with van der Waals surface area (Å²) in [6, 6.07) is 6.07. The smallest absolute Gasteiger partial charge is 0.326 e. The summed E-state index contributed by atoms with van der Waals surface area (Å²) in [5.41, 5.74) is 0.830. The molecule has 0 aliphatic rings. The highest BCUT2D eigenvalue weighted by Gasteiger charge is 2.23. The molecule has 130 valence electrons. The monoisotopic (exact) mass is 333 g/mol. The summed E-state index contributed by atoms with van der Waals surface area (Å²) in [6.07, 6.45) is 1.00. The van der Waals surface area contributed by atoms with Gasteiger partial charge in [0.2, 0.25) is 5.91 Å². The molecule has 1 unspecified atom stereocenters. The van der Waals surface area contributed by atoms with Crippen molar-refractivity contribution < 1.29 is 14.7 Å². The molecule has 0 radical (unpaired) electrons. The molecular formula is C17H23N3O4. The highest BCUT2D eigenvalue weighted by Crippen LogP contribution is 2.21. The maximum absolute atomic E-state index is 12.2. The van der Waals surface area contributed by atoms with Crippen molar-refractivity contribution in [3.8, 4) is 0 Å². The number of nitrogens with one attached hydrogen (secondary N) is 2. The van der Waals surface area contributed by atoms with Crippen molar-refractivity contribution in [2.75, 3.05) is 0 Å². The number of aliphatic carboxylic acids is 1. The van der Waals surface area contributed by atoms with E-state index in [0.29, 0.717) is 23.9 Å². The van der Waals surface area contributed by atoms with Crippen LogP contribution in [0.15, 0.2) is 29.1 Å². The first-order chi connectivity index (χ1) is 11.2. The molecule has 3 N–H and O–H groups in total. The van der Waals surface area contributed by atoms with Crippen LogP contribution in [-0.4, -0.2) is 32.6 Å². The SMILES string of the molecule is CC(C)(C)CCC(NC(=O)Cn1c(=O)[nH]c2ccccc21)C(=O)O. The zero-order chi connectivity index (χ0) is 17.9. The van der Waals surface area contributed by atoms with Crippen LogP contribution < -0.4 is 11.0 Å². The lowest BCUT2D eigenvalue weighted by Crippen LogP contribution is -2.43. The number of carboxylic acids is 1. The van der Waals surface area contributed by atoms with Gasteiger partial charge < -0.3 is 15.4 Å². The number of imidazole rings is 1. The van der Waals surface area contributed by atoms with Gasteiger partial charge in [-0.1, -0.05) is 32.9 Å². The average molecular weight is 333 g/mol. The van der Waals surface area contributed by atoms with Crippen LogP contribution in [0.4, 0.5) is 0 Å². The Morgan fingerprint density at radius 1 is 1.29 bits per heavy atom. The summed E-state index contributed by atoms with van der Waals surface area (Å²) in [5, 5.41) is 11.8. The Morgan fingerprint density at radius 3 is 2.58 bits per heavy atom. The van der Waals surface area contributed by atoms with Crippen molar-refractivity contribution in [1.82, 2.24) is 14.9 Å². The lowest BCUT2D eigenvalue weighted by Gasteiger charge is -2.21. The van der Waals surface area contributed by atoms with Gasteiger partial charge in [0, 0.05) is 0 Å². The van der Waals surface area contributed by atoms with Gasteiger partial charge in [-0.05, 0) is 30.4 Å². The maximum Gasteiger partial charge on any atom is 0.326 e. The molecule has 0 fully saturated rings. The number of aromatic amines is 1. The zero-order valence-electron chi connectivity index (χ0n) is 14.1. The van der Waals surface area contributed by atoms with Gasteiger partial charge in [-0.25, -0.2) is 9.59 Å². The molecule has 1 heterocycles. The number of hydrogen-bond donors (Lipinski definition) is 3. The first-order valence-corrected chi connectivity index (χ1v) is 7.87. The summed E-state index contributed by atoms with van der Waals surface area (Å²) >= 11 is 0. The molecule has 1 aromatic heterocycles. The van der Waals surface area contributed by atoms with Crippen LogP contribution in [0.3, 0.4) is 0 Å². The molecule has 1 atom stereocenters. The molecule has 0 spiro atoms. The quantitative estimate of drug-likeness (QED) is 0.748. The number of fused-ring (bicyclic) bond motifs is 1. The number of carbonyl (C=O) groups is 2. The van der Waals surface area contributed by atoms with Crippen LogP contribution in [0.5, 0.6) is 0 Å². The minimum atomic E-state index is -1.07. The van der Waals surface area contributed by atoms with E-state index in [1.165, 1.54) is 4.57 Å². The van der Waals surface area contributed by atoms with Crippen LogP contribution >= 0.6 is 0 Å². The molecule has 0 saturated heterocycles. The first-order valence-electron chi connectivity index (χ1n) is 7.87. The molecule has 7 nitrogen and oxygen atoms in total. The lowest BCUT2D eigenvalue weighted by molar-refractivity contribution is -0.142. The van der Waals surface area contributed by atoms with E-state index in [9.17, 15) is 19.5 Å². The Hall–Kier alpha value is -2.57. The minimum absolute atomic E-state index is 0.0216. The Bertz CT molecular complexity index is 798. The van der Waals surface area contributed by atoms with Gasteiger partial charge in [0.05, 0.1) is 11.0 Å². The second-order valence-corrected chi connectivity index (χ2v) is 7.09. The number of rotatable bonds is 6. The van der Waals surface area contributed by atoms with Crippen molar-refractivity contribution >= 4 is 22.9 Å². The van der Waals surface area contributed by atoms with Gasteiger partial charge in [0.15, 0.2) is 0 Å². The standard InChI is InChI=1S/C17H23N3O4/c1-17(2,3)9-8-12(15(22)23)18-14(21)10-20-13-7-5-4-6-11(13)19-16(20)24/h4-7,12H,8-10H2,1-3H3,(H,18,21)(H,19,24)(H,22,23). The fraction of sp³-hybridized carbons (Fsp3) is 0.471. The van der Waals surface area contributed by atoms with E-state index in [-0.39, 0.29) is 12.0 Å². The largest absolute Gasteiger partial charge is 0.480 e. The molecule has 1 amide bonds. The van der Waals surface area contributed by atoms with Crippen molar-refractivity contribution in [1.29, 1.82) is 0 Å². The number of para-hydroxylation sites is 2. The van der Waals surface area contributed by atoms with Gasteiger partial charge >= 0.3 is 11.7 Å². The summed E-state index contributed by atoms with van der Waals surface area (Å²) in [5.74, 6) is -1.57. The molecular weight excluding hydrogens is 310 g/mol. The normalized spacial score (nSPS) is 13.0. The second-order valence-electron chi connectivity index (χ2n) is 7.09. The maximum atomic E-state index is 12.2. The number of amides is 1. The summed E-state index contributed by atoms with van der Waals surface area (Å²) in [4.78, 5) is 38.2. The first kappa shape index (κ1) is 17.8. The van der Waals surface area contributed by atoms with Crippen LogP contribution in [0.25, 0.3) is 11.0 Å². The number of carboxylic acid groups (broad SMARTS) is 1. The van der Waals surface area contributed by atoms with E-state index in [1.54, 1.807) is 24.3 Å². The topological polar surface area (TPSA) is 104 Å². The van der Waals surface area contributed by atoms with E-state index in [0.717, 1.165) is 0 Å². The number of hydrogen-bond acceptors (Lipinski definition) is 3. The summed E-state index contributed by atoms with van der Waals surface area (Å²) < 4.78 is 1.30. The zero-order valence-corrected chi connectivity index (χ0v) is 14.1. The van der Waals surface area contributed by atoms with Gasteiger partial charge in [0.1, 0.15) is 12.6 Å². The number of aromatic nitrogens is 2. The predicted molar refractivity (Wildman–Crippen MR) is 90.8 cm³/mol. The number of H-pyrrole nitrogens is 1. The summed E-state index contributed by atoms with van der Waals surface area (Å²) in [7, 11) is 0. The highest BCUT2D eigenvalue weighted by atomic mass is 16.4. The van der Waals surface area contributed by atoms with Crippen LogP contribution in [0.1, 0.15) is 33.6 Å². The Kier molecular flexibility index (Phi) is 5.11. The summed E-state index contributed by atoms with van der Waals surface area (Å²) in [6.45, 7) is 5.82. The third kappa shape index (κ3) is 4.47. The van der Waals surface area contributed by atoms with E-state index in [4.69, 9.17) is 0 Å². The molecule has 2 aromatic rings. The van der Waals surface area contributed by atoms with Gasteiger partial charge in [0.25, 0.3) is 0 Å². The number of benzene rings is 1. The van der Waals surface area contributed by atoms with E-state index >= 15 is 0 Å². The lowest BCUT2D eigenvalue weighted by atomic mass is 9.88. The molecule has 24 heavy (non-hydrogen) atoms. The average Bonchev–Trinajstić information content (AvgIpc) is 2.78. The van der Waals surface area contributed by atoms with Gasteiger partial charge in [-0.2, -0.15) is 0 Å². The number of carbonyl (C=O) groups excluding carboxylic acids is 1. The second kappa shape index (κ2) is 6.90. The molecule has 2 rings (SSSR count). The van der Waals surface area contributed by atoms with Crippen LogP contribution in [0.2, 0.25) is 0 Å². The van der Waals surface area contributed by atoms with Crippen LogP contribution in [-0.2, 0) is 16.1 Å². The molecule has 0 aliphatic carbocycles. The van der Waals surface area contributed by atoms with Crippen molar-refractivity contribution in [2.45, 2.75) is 46.2 Å². The highest BCUT2D eigenvalue weighted by molar-refractivity contribution is 5.84. The fourth-order valence-electron chi connectivity index (χ4n) is 2.48. The third-order valence-corrected chi connectivity index (χ3v) is 3.80. The Morgan fingerprint density at radius 2 is 1.96 bits per heavy atom. The third-order valence-electron chi connectivity index (χ3n) is 3.80. The van der Waals surface area contributed by atoms with E-state index in [1.807, 2.05) is 20.8 Å².